The van der Waals surface area contributed by atoms with E-state index in [1.54, 1.807) is 0 Å². The van der Waals surface area contributed by atoms with Crippen molar-refractivity contribution in [3.63, 3.8) is 0 Å². The highest BCUT2D eigenvalue weighted by molar-refractivity contribution is 4.93. The number of nitrogens with zero attached hydrogens (tertiary/aromatic N) is 8. The Labute approximate surface area is 107 Å². The molecule has 110 valence electrons. The molecule has 0 N–H and O–H groups in total. The van der Waals surface area contributed by atoms with Gasteiger partial charge in [-0.05, 0) is 15.0 Å². The van der Waals surface area contributed by atoms with Crippen LogP contribution in [0.2, 0.25) is 0 Å². The molecule has 0 amide bonds. The maximum atomic E-state index is 10.9. The molecule has 1 spiro atoms. The van der Waals surface area contributed by atoms with E-state index >= 15 is 0 Å². The summed E-state index contributed by atoms with van der Waals surface area (Å²) in [5.41, 5.74) is 0. The van der Waals surface area contributed by atoms with Crippen molar-refractivity contribution in [3.8, 4) is 0 Å². The van der Waals surface area contributed by atoms with Gasteiger partial charge in [-0.15, -0.1) is 0 Å². The minimum Gasteiger partial charge on any atom is -0.235 e. The number of rotatable bonds is 4. The van der Waals surface area contributed by atoms with E-state index in [-0.39, 0.29) is 20.0 Å². The molecule has 0 aromatic carbocycles. The summed E-state index contributed by atoms with van der Waals surface area (Å²) in [7, 11) is 0. The van der Waals surface area contributed by atoms with E-state index in [9.17, 15) is 40.5 Å². The summed E-state index contributed by atoms with van der Waals surface area (Å²) in [6, 6.07) is 0. The van der Waals surface area contributed by atoms with Crippen LogP contribution in [0.5, 0.6) is 0 Å². The van der Waals surface area contributed by atoms with Gasteiger partial charge in [0.15, 0.2) is 26.7 Å². The monoisotopic (exact) mass is 294 g/mol. The zero-order valence-corrected chi connectivity index (χ0v) is 9.47. The molecule has 2 saturated heterocycles. The van der Waals surface area contributed by atoms with Gasteiger partial charge in [-0.25, -0.2) is 40.5 Å². The number of hydrogen-bond donors (Lipinski definition) is 0. The van der Waals surface area contributed by atoms with Gasteiger partial charge in [0.1, 0.15) is 0 Å². The predicted octanol–water partition coefficient (Wildman–Crippen LogP) is -2.44. The van der Waals surface area contributed by atoms with Crippen molar-refractivity contribution in [3.05, 3.63) is 40.5 Å². The van der Waals surface area contributed by atoms with Crippen molar-refractivity contribution >= 4 is 0 Å². The SMILES string of the molecule is O=[N+]([O-])N1CN([N+](=O)[O-])C2(C1)N([N+](=O)[O-])CN2[N+](=O)[O-]. The van der Waals surface area contributed by atoms with E-state index in [1.807, 2.05) is 0 Å². The van der Waals surface area contributed by atoms with Crippen molar-refractivity contribution < 1.29 is 20.1 Å². The average Bonchev–Trinajstić information content (AvgIpc) is 2.68. The van der Waals surface area contributed by atoms with Crippen molar-refractivity contribution in [2.75, 3.05) is 19.9 Å². The maximum absolute atomic E-state index is 10.9. The summed E-state index contributed by atoms with van der Waals surface area (Å²) in [4.78, 5) is 43.2. The van der Waals surface area contributed by atoms with Crippen LogP contribution >= 0.6 is 0 Å². The minimum atomic E-state index is -2.43. The zero-order valence-electron chi connectivity index (χ0n) is 9.47. The Kier molecular flexibility index (Phi) is 2.58. The van der Waals surface area contributed by atoms with Crippen LogP contribution in [0.15, 0.2) is 0 Å². The second kappa shape index (κ2) is 3.90. The highest BCUT2D eigenvalue weighted by Gasteiger charge is 2.78. The molecule has 0 radical (unpaired) electrons. The molecule has 0 saturated carbocycles. The number of nitro groups is 4. The van der Waals surface area contributed by atoms with Gasteiger partial charge in [-0.2, -0.15) is 0 Å². The Bertz CT molecular complexity index is 487. The van der Waals surface area contributed by atoms with Crippen molar-refractivity contribution in [1.29, 1.82) is 0 Å². The van der Waals surface area contributed by atoms with Crippen LogP contribution in [0.1, 0.15) is 0 Å². The first kappa shape index (κ1) is 13.2. The first-order valence-corrected chi connectivity index (χ1v) is 4.87. The van der Waals surface area contributed by atoms with Crippen LogP contribution in [0.3, 0.4) is 0 Å². The first-order chi connectivity index (χ1) is 9.21. The van der Waals surface area contributed by atoms with Crippen LogP contribution in [0, 0.1) is 40.5 Å². The molecule has 0 atom stereocenters. The fourth-order valence-electron chi connectivity index (χ4n) is 2.14. The predicted molar refractivity (Wildman–Crippen MR) is 52.7 cm³/mol. The molecule has 2 aliphatic rings. The van der Waals surface area contributed by atoms with E-state index in [2.05, 4.69) is 0 Å². The van der Waals surface area contributed by atoms with Crippen LogP contribution in [0.4, 0.5) is 0 Å². The normalized spacial score (nSPS) is 20.0. The highest BCUT2D eigenvalue weighted by atomic mass is 16.7. The lowest BCUT2D eigenvalue weighted by Gasteiger charge is -2.44. The molecule has 2 heterocycles. The summed E-state index contributed by atoms with van der Waals surface area (Å²) in [5, 5.41) is 39.7. The third kappa shape index (κ3) is 1.47. The quantitative estimate of drug-likeness (QED) is 0.394. The van der Waals surface area contributed by atoms with Crippen molar-refractivity contribution in [1.82, 2.24) is 20.0 Å². The summed E-state index contributed by atoms with van der Waals surface area (Å²) >= 11 is 0. The summed E-state index contributed by atoms with van der Waals surface area (Å²) in [6.45, 7) is -2.63. The van der Waals surface area contributed by atoms with Gasteiger partial charge in [0.25, 0.3) is 0 Å². The van der Waals surface area contributed by atoms with E-state index < -0.39 is 45.8 Å². The smallest absolute Gasteiger partial charge is 0.235 e. The Balaban J connectivity index is 2.45. The molecule has 2 aliphatic heterocycles. The fourth-order valence-corrected chi connectivity index (χ4v) is 2.14. The molecule has 0 aromatic heterocycles. The van der Waals surface area contributed by atoms with Gasteiger partial charge in [0.05, 0.1) is 0 Å². The Morgan fingerprint density at radius 2 is 1.10 bits per heavy atom. The summed E-state index contributed by atoms with van der Waals surface area (Å²) in [5.74, 6) is -2.43. The molecule has 0 aromatic rings. The van der Waals surface area contributed by atoms with Gasteiger partial charge < -0.3 is 0 Å². The second-order valence-corrected chi connectivity index (χ2v) is 3.87. The van der Waals surface area contributed by atoms with E-state index in [0.29, 0.717) is 0 Å². The van der Waals surface area contributed by atoms with Crippen LogP contribution in [-0.4, -0.2) is 65.8 Å². The second-order valence-electron chi connectivity index (χ2n) is 3.87. The van der Waals surface area contributed by atoms with Gasteiger partial charge in [-0.1, -0.05) is 5.01 Å². The molecular weight excluding hydrogens is 288 g/mol. The Morgan fingerprint density at radius 3 is 1.45 bits per heavy atom. The minimum absolute atomic E-state index is 0.0882. The van der Waals surface area contributed by atoms with Crippen LogP contribution in [0.25, 0.3) is 0 Å². The Morgan fingerprint density at radius 1 is 0.700 bits per heavy atom. The fraction of sp³-hybridized carbons (Fsp3) is 1.00. The molecule has 2 rings (SSSR count). The first-order valence-electron chi connectivity index (χ1n) is 4.87. The van der Waals surface area contributed by atoms with Gasteiger partial charge in [0.2, 0.25) is 13.3 Å². The molecule has 0 unspecified atom stereocenters. The van der Waals surface area contributed by atoms with Crippen molar-refractivity contribution in [2.24, 2.45) is 0 Å². The molecule has 0 aliphatic carbocycles. The summed E-state index contributed by atoms with van der Waals surface area (Å²) < 4.78 is 0. The molecular formula is C4H6N8O8. The van der Waals surface area contributed by atoms with Gasteiger partial charge in [-0.3, -0.25) is 0 Å². The molecule has 16 heteroatoms. The molecule has 16 nitrogen and oxygen atoms in total. The number of hydrazine groups is 4. The van der Waals surface area contributed by atoms with Crippen LogP contribution < -0.4 is 0 Å². The lowest BCUT2D eigenvalue weighted by atomic mass is 10.2. The van der Waals surface area contributed by atoms with Crippen LogP contribution in [-0.2, 0) is 0 Å². The Hall–Kier alpha value is -3.20. The standard InChI is InChI=1S/C4H6N8O8/c13-9(14)5-1-4(6(2-5)10(15)16)7(11(17)18)3-8(4)12(19)20/h1-3H2. The highest BCUT2D eigenvalue weighted by Crippen LogP contribution is 2.39. The van der Waals surface area contributed by atoms with E-state index in [4.69, 9.17) is 0 Å². The lowest BCUT2D eigenvalue weighted by molar-refractivity contribution is -0.856. The molecule has 0 bridgehead atoms. The largest absolute Gasteiger partial charge is 0.380 e. The average molecular weight is 294 g/mol. The number of hydrogen-bond acceptors (Lipinski definition) is 8. The van der Waals surface area contributed by atoms with Gasteiger partial charge >= 0.3 is 5.79 Å². The van der Waals surface area contributed by atoms with E-state index in [1.165, 1.54) is 0 Å². The maximum Gasteiger partial charge on any atom is 0.380 e. The third-order valence-electron chi connectivity index (χ3n) is 3.02. The van der Waals surface area contributed by atoms with Gasteiger partial charge in [0, 0.05) is 0 Å². The molecule has 20 heavy (non-hydrogen) atoms. The topological polar surface area (TPSA) is 186 Å². The third-order valence-corrected chi connectivity index (χ3v) is 3.02. The van der Waals surface area contributed by atoms with E-state index in [0.717, 1.165) is 0 Å². The van der Waals surface area contributed by atoms with Crippen molar-refractivity contribution in [2.45, 2.75) is 5.79 Å². The zero-order chi connectivity index (χ0) is 15.2. The molecule has 2 fully saturated rings. The summed E-state index contributed by atoms with van der Waals surface area (Å²) in [6.07, 6.45) is 0. The lowest BCUT2D eigenvalue weighted by Crippen LogP contribution is -2.83.